The first kappa shape index (κ1) is 12.7. The lowest BCUT2D eigenvalue weighted by molar-refractivity contribution is -0.0250. The lowest BCUT2D eigenvalue weighted by Gasteiger charge is -2.28. The van der Waals surface area contributed by atoms with Gasteiger partial charge in [-0.1, -0.05) is 0 Å². The topological polar surface area (TPSA) is 139 Å². The van der Waals surface area contributed by atoms with E-state index in [9.17, 15) is 15.0 Å². The third kappa shape index (κ3) is 1.59. The van der Waals surface area contributed by atoms with E-state index < -0.39 is 23.3 Å². The van der Waals surface area contributed by atoms with E-state index in [1.807, 2.05) is 0 Å². The maximum Gasteiger partial charge on any atom is 0.280 e. The van der Waals surface area contributed by atoms with Gasteiger partial charge in [0.2, 0.25) is 5.95 Å². The summed E-state index contributed by atoms with van der Waals surface area (Å²) in [7, 11) is 0. The number of nitrogens with two attached hydrogens (primary N) is 1. The molecule has 0 unspecified atom stereocenters. The van der Waals surface area contributed by atoms with Crippen LogP contribution in [0, 0.1) is 5.92 Å². The molecule has 1 saturated heterocycles. The summed E-state index contributed by atoms with van der Waals surface area (Å²) < 4.78 is 6.93. The summed E-state index contributed by atoms with van der Waals surface area (Å²) in [5.41, 5.74) is 4.41. The number of nitrogens with one attached hydrogen (secondary N) is 1. The monoisotopic (exact) mass is 293 g/mol. The summed E-state index contributed by atoms with van der Waals surface area (Å²) in [5.74, 6) is -0.363. The SMILES string of the molecule is Nc1nc2c(ncn2[C@H]2C[C@@H](O)[C@H]3COC[C@]32O)c(=O)[nH]1. The summed E-state index contributed by atoms with van der Waals surface area (Å²) in [6.07, 6.45) is 1.13. The number of nitrogen functional groups attached to an aromatic ring is 1. The van der Waals surface area contributed by atoms with Crippen LogP contribution in [-0.2, 0) is 4.74 Å². The van der Waals surface area contributed by atoms with Gasteiger partial charge < -0.3 is 25.3 Å². The molecular weight excluding hydrogens is 278 g/mol. The molecule has 0 spiro atoms. The quantitative estimate of drug-likeness (QED) is 0.495. The second-order valence-corrected chi connectivity index (χ2v) is 5.71. The van der Waals surface area contributed by atoms with Crippen LogP contribution >= 0.6 is 0 Å². The first-order valence-electron chi connectivity index (χ1n) is 6.71. The van der Waals surface area contributed by atoms with Crippen molar-refractivity contribution in [3.05, 3.63) is 16.7 Å². The molecule has 4 rings (SSSR count). The molecule has 1 saturated carbocycles. The normalized spacial score (nSPS) is 35.4. The average Bonchev–Trinajstić information content (AvgIpc) is 3.05. The Balaban J connectivity index is 1.89. The maximum atomic E-state index is 11.8. The lowest BCUT2D eigenvalue weighted by atomic mass is 9.91. The van der Waals surface area contributed by atoms with Crippen LogP contribution < -0.4 is 11.3 Å². The second-order valence-electron chi connectivity index (χ2n) is 5.71. The molecule has 9 nitrogen and oxygen atoms in total. The zero-order valence-electron chi connectivity index (χ0n) is 11.1. The predicted octanol–water partition coefficient (Wildman–Crippen LogP) is -1.61. The third-order valence-electron chi connectivity index (χ3n) is 4.57. The molecule has 0 amide bonds. The summed E-state index contributed by atoms with van der Waals surface area (Å²) in [6, 6.07) is -0.460. The number of aromatic nitrogens is 4. The fourth-order valence-electron chi connectivity index (χ4n) is 3.51. The van der Waals surface area contributed by atoms with Crippen molar-refractivity contribution < 1.29 is 14.9 Å². The van der Waals surface area contributed by atoms with E-state index >= 15 is 0 Å². The van der Waals surface area contributed by atoms with Gasteiger partial charge in [-0.2, -0.15) is 4.98 Å². The summed E-state index contributed by atoms with van der Waals surface area (Å²) in [5, 5.41) is 21.0. The molecule has 0 radical (unpaired) electrons. The number of aromatic amines is 1. The van der Waals surface area contributed by atoms with Gasteiger partial charge in [0.15, 0.2) is 11.2 Å². The Labute approximate surface area is 118 Å². The molecule has 9 heteroatoms. The highest BCUT2D eigenvalue weighted by Crippen LogP contribution is 2.48. The van der Waals surface area contributed by atoms with Crippen molar-refractivity contribution in [1.82, 2.24) is 19.5 Å². The van der Waals surface area contributed by atoms with E-state index in [2.05, 4.69) is 15.0 Å². The number of fused-ring (bicyclic) bond motifs is 2. The lowest BCUT2D eigenvalue weighted by Crippen LogP contribution is -2.41. The Hall–Kier alpha value is -1.97. The molecule has 1 aliphatic heterocycles. The number of anilines is 1. The molecule has 2 fully saturated rings. The summed E-state index contributed by atoms with van der Waals surface area (Å²) in [4.78, 5) is 22.3. The highest BCUT2D eigenvalue weighted by atomic mass is 16.5. The Kier molecular flexibility index (Phi) is 2.44. The molecule has 2 aromatic rings. The molecule has 0 aromatic carbocycles. The third-order valence-corrected chi connectivity index (χ3v) is 4.57. The number of hydrogen-bond acceptors (Lipinski definition) is 7. The van der Waals surface area contributed by atoms with Crippen LogP contribution in [0.15, 0.2) is 11.1 Å². The van der Waals surface area contributed by atoms with Crippen molar-refractivity contribution in [1.29, 1.82) is 0 Å². The Morgan fingerprint density at radius 2 is 2.38 bits per heavy atom. The Bertz CT molecular complexity index is 771. The van der Waals surface area contributed by atoms with E-state index in [4.69, 9.17) is 10.5 Å². The Morgan fingerprint density at radius 1 is 1.57 bits per heavy atom. The van der Waals surface area contributed by atoms with Crippen LogP contribution in [0.3, 0.4) is 0 Å². The molecule has 21 heavy (non-hydrogen) atoms. The van der Waals surface area contributed by atoms with Crippen molar-refractivity contribution in [2.75, 3.05) is 18.9 Å². The summed E-state index contributed by atoms with van der Waals surface area (Å²) in [6.45, 7) is 0.453. The van der Waals surface area contributed by atoms with E-state index in [0.29, 0.717) is 18.7 Å². The van der Waals surface area contributed by atoms with Gasteiger partial charge >= 0.3 is 0 Å². The van der Waals surface area contributed by atoms with Crippen molar-refractivity contribution in [3.63, 3.8) is 0 Å². The molecule has 2 aromatic heterocycles. The minimum atomic E-state index is -1.19. The number of aliphatic hydroxyl groups excluding tert-OH is 1. The van der Waals surface area contributed by atoms with Crippen LogP contribution in [0.1, 0.15) is 12.5 Å². The van der Waals surface area contributed by atoms with Gasteiger partial charge in [-0.3, -0.25) is 9.78 Å². The van der Waals surface area contributed by atoms with Crippen LogP contribution in [0.5, 0.6) is 0 Å². The number of imidazole rings is 1. The highest BCUT2D eigenvalue weighted by Gasteiger charge is 2.58. The average molecular weight is 293 g/mol. The standard InChI is InChI=1S/C12H15N5O4/c13-11-15-9-8(10(19)16-11)14-4-17(9)7-1-6(18)5-2-21-3-12(5,7)20/h4-7,18,20H,1-3H2,(H3,13,15,16,19)/t5-,6-,7+,12+/m1/s1. The molecule has 4 atom stereocenters. The minimum absolute atomic E-state index is 0.0148. The molecule has 2 aliphatic rings. The largest absolute Gasteiger partial charge is 0.393 e. The number of aliphatic hydroxyl groups is 2. The van der Waals surface area contributed by atoms with Crippen molar-refractivity contribution >= 4 is 17.1 Å². The minimum Gasteiger partial charge on any atom is -0.393 e. The van der Waals surface area contributed by atoms with Gasteiger partial charge in [-0.05, 0) is 6.42 Å². The fourth-order valence-corrected chi connectivity index (χ4v) is 3.51. The second kappa shape index (κ2) is 4.03. The molecule has 5 N–H and O–H groups in total. The first-order chi connectivity index (χ1) is 10.0. The van der Waals surface area contributed by atoms with Crippen molar-refractivity contribution in [2.24, 2.45) is 5.92 Å². The van der Waals surface area contributed by atoms with Gasteiger partial charge in [0, 0.05) is 5.92 Å². The molecule has 0 bridgehead atoms. The molecule has 112 valence electrons. The van der Waals surface area contributed by atoms with Crippen molar-refractivity contribution in [3.8, 4) is 0 Å². The zero-order chi connectivity index (χ0) is 14.8. The van der Waals surface area contributed by atoms with Crippen LogP contribution in [-0.4, -0.2) is 54.7 Å². The zero-order valence-corrected chi connectivity index (χ0v) is 11.1. The van der Waals surface area contributed by atoms with Gasteiger partial charge in [-0.25, -0.2) is 4.98 Å². The van der Waals surface area contributed by atoms with Gasteiger partial charge in [0.05, 0.1) is 31.7 Å². The van der Waals surface area contributed by atoms with E-state index in [1.165, 1.54) is 6.33 Å². The van der Waals surface area contributed by atoms with E-state index in [1.54, 1.807) is 4.57 Å². The van der Waals surface area contributed by atoms with E-state index in [-0.39, 0.29) is 24.0 Å². The number of ether oxygens (including phenoxy) is 1. The summed E-state index contributed by atoms with van der Waals surface area (Å²) >= 11 is 0. The predicted molar refractivity (Wildman–Crippen MR) is 71.5 cm³/mol. The van der Waals surface area contributed by atoms with Gasteiger partial charge in [-0.15, -0.1) is 0 Å². The smallest absolute Gasteiger partial charge is 0.280 e. The fraction of sp³-hybridized carbons (Fsp3) is 0.583. The van der Waals surface area contributed by atoms with Gasteiger partial charge in [0.1, 0.15) is 5.60 Å². The number of H-pyrrole nitrogens is 1. The molecule has 1 aliphatic carbocycles. The van der Waals surface area contributed by atoms with Gasteiger partial charge in [0.25, 0.3) is 5.56 Å². The molecular formula is C12H15N5O4. The number of hydrogen-bond donors (Lipinski definition) is 4. The van der Waals surface area contributed by atoms with Crippen LogP contribution in [0.2, 0.25) is 0 Å². The maximum absolute atomic E-state index is 11.8. The Morgan fingerprint density at radius 3 is 3.19 bits per heavy atom. The highest BCUT2D eigenvalue weighted by molar-refractivity contribution is 5.70. The van der Waals surface area contributed by atoms with Crippen molar-refractivity contribution in [2.45, 2.75) is 24.2 Å². The molecule has 3 heterocycles. The van der Waals surface area contributed by atoms with Crippen LogP contribution in [0.4, 0.5) is 5.95 Å². The van der Waals surface area contributed by atoms with E-state index in [0.717, 1.165) is 0 Å². The van der Waals surface area contributed by atoms with Crippen LogP contribution in [0.25, 0.3) is 11.2 Å². The number of nitrogens with zero attached hydrogens (tertiary/aromatic N) is 3. The first-order valence-corrected chi connectivity index (χ1v) is 6.71. The number of rotatable bonds is 1.